The van der Waals surface area contributed by atoms with Crippen LogP contribution in [0.5, 0.6) is 0 Å². The first kappa shape index (κ1) is 21.1. The van der Waals surface area contributed by atoms with Gasteiger partial charge in [-0.15, -0.1) is 0 Å². The first-order valence-corrected chi connectivity index (χ1v) is 11.0. The lowest BCUT2D eigenvalue weighted by Gasteiger charge is -2.35. The number of benzene rings is 2. The first-order valence-electron chi connectivity index (χ1n) is 11.0. The Hall–Kier alpha value is -3.11. The number of allylic oxidation sites excluding steroid dienone is 4. The Morgan fingerprint density at radius 2 is 1.61 bits per heavy atom. The molecule has 2 aromatic rings. The van der Waals surface area contributed by atoms with E-state index in [0.29, 0.717) is 32.5 Å². The zero-order valence-electron chi connectivity index (χ0n) is 17.8. The van der Waals surface area contributed by atoms with E-state index < -0.39 is 6.10 Å². The van der Waals surface area contributed by atoms with Crippen LogP contribution in [-0.2, 0) is 13.0 Å². The lowest BCUT2D eigenvalue weighted by Crippen LogP contribution is -2.50. The van der Waals surface area contributed by atoms with Crippen molar-refractivity contribution in [1.29, 1.82) is 0 Å². The van der Waals surface area contributed by atoms with E-state index in [0.717, 1.165) is 23.1 Å². The van der Waals surface area contributed by atoms with Crippen molar-refractivity contribution in [2.45, 2.75) is 38.0 Å². The number of carbonyl (C=O) groups excluding carboxylic acids is 1. The van der Waals surface area contributed by atoms with Gasteiger partial charge in [-0.3, -0.25) is 0 Å². The van der Waals surface area contributed by atoms with Gasteiger partial charge in [0.2, 0.25) is 0 Å². The highest BCUT2D eigenvalue weighted by Gasteiger charge is 2.36. The summed E-state index contributed by atoms with van der Waals surface area (Å²) in [6.45, 7) is 1.58. The number of amides is 2. The average molecular weight is 415 g/mol. The third kappa shape index (κ3) is 5.53. The third-order valence-corrected chi connectivity index (χ3v) is 5.96. The number of hydrogen-bond donors (Lipinski definition) is 1. The quantitative estimate of drug-likeness (QED) is 0.743. The highest BCUT2D eigenvalue weighted by Crippen LogP contribution is 2.24. The molecular weight excluding hydrogens is 384 g/mol. The zero-order chi connectivity index (χ0) is 21.5. The maximum absolute atomic E-state index is 13.7. The largest absolute Gasteiger partial charge is 0.391 e. The molecule has 1 saturated heterocycles. The molecule has 2 atom stereocenters. The average Bonchev–Trinajstić information content (AvgIpc) is 3.12. The Kier molecular flexibility index (Phi) is 7.00. The van der Waals surface area contributed by atoms with Crippen molar-refractivity contribution < 1.29 is 9.90 Å². The van der Waals surface area contributed by atoms with E-state index in [-0.39, 0.29) is 12.1 Å². The van der Waals surface area contributed by atoms with Gasteiger partial charge in [0.15, 0.2) is 0 Å². The lowest BCUT2D eigenvalue weighted by atomic mass is 9.98. The molecule has 2 aliphatic rings. The fraction of sp³-hybridized carbons (Fsp3) is 0.296. The summed E-state index contributed by atoms with van der Waals surface area (Å²) < 4.78 is 0. The van der Waals surface area contributed by atoms with Gasteiger partial charge in [0.05, 0.1) is 12.1 Å². The third-order valence-electron chi connectivity index (χ3n) is 5.96. The van der Waals surface area contributed by atoms with Gasteiger partial charge in [0, 0.05) is 19.6 Å². The van der Waals surface area contributed by atoms with Gasteiger partial charge in [-0.25, -0.2) is 4.79 Å². The fourth-order valence-electron chi connectivity index (χ4n) is 4.27. The van der Waals surface area contributed by atoms with Crippen molar-refractivity contribution in [3.63, 3.8) is 0 Å². The zero-order valence-corrected chi connectivity index (χ0v) is 17.8. The smallest absolute Gasteiger partial charge is 0.320 e. The predicted octanol–water partition coefficient (Wildman–Crippen LogP) is 4.73. The van der Waals surface area contributed by atoms with Crippen LogP contribution in [0, 0.1) is 0 Å². The Balaban J connectivity index is 1.62. The van der Waals surface area contributed by atoms with E-state index in [1.165, 1.54) is 0 Å². The molecule has 160 valence electrons. The Morgan fingerprint density at radius 3 is 2.35 bits per heavy atom. The van der Waals surface area contributed by atoms with Crippen LogP contribution in [0.3, 0.4) is 0 Å². The molecule has 4 rings (SSSR count). The number of nitrogens with zero attached hydrogens (tertiary/aromatic N) is 2. The summed E-state index contributed by atoms with van der Waals surface area (Å²) in [5.41, 5.74) is 3.31. The van der Waals surface area contributed by atoms with Crippen molar-refractivity contribution in [3.8, 4) is 0 Å². The molecule has 2 amide bonds. The van der Waals surface area contributed by atoms with Crippen molar-refractivity contribution >= 4 is 6.03 Å². The van der Waals surface area contributed by atoms with E-state index in [1.54, 1.807) is 0 Å². The topological polar surface area (TPSA) is 43.8 Å². The standard InChI is InChI=1S/C27H30N2O2/c30-26-17-18-28(20-23-13-9-4-10-14-23)27(31)29(21-24-15-5-1-2-6-16-24)25(26)19-22-11-7-3-8-12-22/h1,3-16,25-26,30H,2,17-21H2. The van der Waals surface area contributed by atoms with Crippen LogP contribution in [0.4, 0.5) is 4.79 Å². The molecular formula is C27H30N2O2. The van der Waals surface area contributed by atoms with Crippen molar-refractivity contribution in [2.24, 2.45) is 0 Å². The van der Waals surface area contributed by atoms with Crippen LogP contribution in [0.1, 0.15) is 24.0 Å². The van der Waals surface area contributed by atoms with Crippen LogP contribution >= 0.6 is 0 Å². The van der Waals surface area contributed by atoms with Gasteiger partial charge in [-0.05, 0) is 36.0 Å². The number of carbonyl (C=O) groups is 1. The minimum absolute atomic E-state index is 0.0103. The van der Waals surface area contributed by atoms with Gasteiger partial charge in [0.1, 0.15) is 0 Å². The maximum Gasteiger partial charge on any atom is 0.320 e. The molecule has 1 fully saturated rings. The second kappa shape index (κ2) is 10.3. The van der Waals surface area contributed by atoms with Gasteiger partial charge in [-0.1, -0.05) is 91.0 Å². The summed E-state index contributed by atoms with van der Waals surface area (Å²) in [5.74, 6) is 0. The molecule has 0 spiro atoms. The molecule has 0 bridgehead atoms. The van der Waals surface area contributed by atoms with Crippen LogP contribution in [-0.4, -0.2) is 46.2 Å². The minimum atomic E-state index is -0.573. The summed E-state index contributed by atoms with van der Waals surface area (Å²) in [5, 5.41) is 11.1. The molecule has 31 heavy (non-hydrogen) atoms. The van der Waals surface area contributed by atoms with E-state index in [2.05, 4.69) is 36.4 Å². The molecule has 1 aliphatic heterocycles. The van der Waals surface area contributed by atoms with Crippen molar-refractivity contribution in [2.75, 3.05) is 13.1 Å². The lowest BCUT2D eigenvalue weighted by molar-refractivity contribution is 0.0757. The van der Waals surface area contributed by atoms with E-state index >= 15 is 0 Å². The summed E-state index contributed by atoms with van der Waals surface area (Å²) in [6.07, 6.45) is 11.9. The number of aliphatic hydroxyl groups is 1. The monoisotopic (exact) mass is 414 g/mol. The molecule has 1 heterocycles. The number of urea groups is 1. The molecule has 2 aromatic carbocycles. The van der Waals surface area contributed by atoms with Crippen LogP contribution in [0.15, 0.2) is 96.6 Å². The van der Waals surface area contributed by atoms with Gasteiger partial charge < -0.3 is 14.9 Å². The summed E-state index contributed by atoms with van der Waals surface area (Å²) >= 11 is 0. The van der Waals surface area contributed by atoms with Crippen molar-refractivity contribution in [1.82, 2.24) is 9.80 Å². The molecule has 1 N–H and O–H groups in total. The molecule has 0 saturated carbocycles. The van der Waals surface area contributed by atoms with Crippen LogP contribution < -0.4 is 0 Å². The normalized spacial score (nSPS) is 21.6. The first-order chi connectivity index (χ1) is 15.2. The number of aliphatic hydroxyl groups excluding tert-OH is 1. The van der Waals surface area contributed by atoms with Crippen LogP contribution in [0.25, 0.3) is 0 Å². The molecule has 4 nitrogen and oxygen atoms in total. The number of rotatable bonds is 6. The highest BCUT2D eigenvalue weighted by molar-refractivity contribution is 5.76. The van der Waals surface area contributed by atoms with E-state index in [9.17, 15) is 9.90 Å². The van der Waals surface area contributed by atoms with Crippen molar-refractivity contribution in [3.05, 3.63) is 108 Å². The molecule has 0 aromatic heterocycles. The molecule has 1 aliphatic carbocycles. The van der Waals surface area contributed by atoms with Gasteiger partial charge in [0.25, 0.3) is 0 Å². The fourth-order valence-corrected chi connectivity index (χ4v) is 4.27. The molecule has 2 unspecified atom stereocenters. The summed E-state index contributed by atoms with van der Waals surface area (Å²) in [4.78, 5) is 17.5. The second-order valence-corrected chi connectivity index (χ2v) is 8.24. The Labute approximate surface area is 184 Å². The molecule has 4 heteroatoms. The van der Waals surface area contributed by atoms with E-state index in [4.69, 9.17) is 0 Å². The SMILES string of the molecule is O=C1N(Cc2ccccc2)CCC(O)C(Cc2ccccc2)N1CC1=CC=CCC=C1. The Morgan fingerprint density at radius 1 is 0.903 bits per heavy atom. The van der Waals surface area contributed by atoms with Crippen LogP contribution in [0.2, 0.25) is 0 Å². The number of hydrogen-bond acceptors (Lipinski definition) is 2. The Bertz CT molecular complexity index is 950. The highest BCUT2D eigenvalue weighted by atomic mass is 16.3. The van der Waals surface area contributed by atoms with Gasteiger partial charge >= 0.3 is 6.03 Å². The molecule has 0 radical (unpaired) electrons. The van der Waals surface area contributed by atoms with Gasteiger partial charge in [-0.2, -0.15) is 0 Å². The van der Waals surface area contributed by atoms with E-state index in [1.807, 2.05) is 64.4 Å². The maximum atomic E-state index is 13.7. The minimum Gasteiger partial charge on any atom is -0.391 e. The summed E-state index contributed by atoms with van der Waals surface area (Å²) in [7, 11) is 0. The summed E-state index contributed by atoms with van der Waals surface area (Å²) in [6, 6.07) is 19.9. The second-order valence-electron chi connectivity index (χ2n) is 8.24. The predicted molar refractivity (Wildman–Crippen MR) is 124 cm³/mol.